The third-order valence-electron chi connectivity index (χ3n) is 5.94. The molecule has 0 bridgehead atoms. The molecule has 144 valence electrons. The number of rotatable bonds is 4. The average molecular weight is 373 g/mol. The lowest BCUT2D eigenvalue weighted by atomic mass is 9.89. The molecule has 6 nitrogen and oxygen atoms in total. The minimum absolute atomic E-state index is 0.0149. The summed E-state index contributed by atoms with van der Waals surface area (Å²) in [6.45, 7) is 3.41. The van der Waals surface area contributed by atoms with E-state index in [9.17, 15) is 19.1 Å². The number of halogens is 1. The lowest BCUT2D eigenvalue weighted by molar-refractivity contribution is 0.0695. The Morgan fingerprint density at radius 1 is 1.33 bits per heavy atom. The minimum atomic E-state index is -1.28. The van der Waals surface area contributed by atoms with Crippen LogP contribution in [0.3, 0.4) is 0 Å². The summed E-state index contributed by atoms with van der Waals surface area (Å²) in [6, 6.07) is 3.03. The average Bonchev–Trinajstić information content (AvgIpc) is 3.46. The van der Waals surface area contributed by atoms with Gasteiger partial charge in [0.15, 0.2) is 0 Å². The standard InChI is InChI=1S/C20H24FN3O3/c1-2-11-5-6-23(10-16(11)22)18-8-17-13(7-15(18)21)19(25)14(20(26)27)9-24(17)12-3-4-12/h7-9,11-12,16H,2-6,10,22H2,1H3,(H,26,27)/t11-,16-/m1/s1. The second kappa shape index (κ2) is 6.64. The van der Waals surface area contributed by atoms with Crippen LogP contribution in [-0.4, -0.2) is 34.8 Å². The molecule has 1 aliphatic heterocycles. The molecule has 2 aliphatic rings. The van der Waals surface area contributed by atoms with Crippen molar-refractivity contribution in [2.45, 2.75) is 44.7 Å². The number of benzene rings is 1. The van der Waals surface area contributed by atoms with Gasteiger partial charge in [-0.05, 0) is 37.3 Å². The maximum Gasteiger partial charge on any atom is 0.341 e. The summed E-state index contributed by atoms with van der Waals surface area (Å²) in [7, 11) is 0. The molecule has 1 aromatic heterocycles. The normalized spacial score (nSPS) is 23.0. The molecule has 1 aliphatic carbocycles. The highest BCUT2D eigenvalue weighted by atomic mass is 19.1. The number of aromatic nitrogens is 1. The molecule has 2 fully saturated rings. The summed E-state index contributed by atoms with van der Waals surface area (Å²) in [5, 5.41) is 9.45. The van der Waals surface area contributed by atoms with Crippen LogP contribution in [0.5, 0.6) is 0 Å². The third kappa shape index (κ3) is 3.10. The fourth-order valence-corrected chi connectivity index (χ4v) is 4.16. The Morgan fingerprint density at radius 2 is 2.07 bits per heavy atom. The first kappa shape index (κ1) is 18.0. The van der Waals surface area contributed by atoms with Gasteiger partial charge >= 0.3 is 5.97 Å². The minimum Gasteiger partial charge on any atom is -0.477 e. The van der Waals surface area contributed by atoms with E-state index in [1.165, 1.54) is 12.3 Å². The predicted molar refractivity (Wildman–Crippen MR) is 102 cm³/mol. The summed E-state index contributed by atoms with van der Waals surface area (Å²) in [4.78, 5) is 25.9. The smallest absolute Gasteiger partial charge is 0.341 e. The highest BCUT2D eigenvalue weighted by molar-refractivity contribution is 5.93. The van der Waals surface area contributed by atoms with Gasteiger partial charge in [0.1, 0.15) is 11.4 Å². The Labute approximate surface area is 156 Å². The number of pyridine rings is 1. The van der Waals surface area contributed by atoms with E-state index >= 15 is 0 Å². The van der Waals surface area contributed by atoms with Crippen molar-refractivity contribution >= 4 is 22.6 Å². The molecule has 4 rings (SSSR count). The number of nitrogens with zero attached hydrogens (tertiary/aromatic N) is 2. The Balaban J connectivity index is 1.84. The number of carbonyl (C=O) groups is 1. The molecular weight excluding hydrogens is 349 g/mol. The molecule has 0 amide bonds. The van der Waals surface area contributed by atoms with Crippen molar-refractivity contribution in [3.05, 3.63) is 39.9 Å². The lowest BCUT2D eigenvalue weighted by Crippen LogP contribution is -2.48. The van der Waals surface area contributed by atoms with E-state index < -0.39 is 17.2 Å². The van der Waals surface area contributed by atoms with Crippen LogP contribution < -0.4 is 16.1 Å². The van der Waals surface area contributed by atoms with Gasteiger partial charge in [-0.3, -0.25) is 4.79 Å². The molecule has 1 saturated heterocycles. The number of aromatic carboxylic acids is 1. The van der Waals surface area contributed by atoms with Crippen molar-refractivity contribution in [3.63, 3.8) is 0 Å². The first-order valence-electron chi connectivity index (χ1n) is 9.53. The van der Waals surface area contributed by atoms with Crippen molar-refractivity contribution in [3.8, 4) is 0 Å². The predicted octanol–water partition coefficient (Wildman–Crippen LogP) is 2.74. The van der Waals surface area contributed by atoms with Gasteiger partial charge in [-0.15, -0.1) is 0 Å². The summed E-state index contributed by atoms with van der Waals surface area (Å²) in [5.74, 6) is -1.35. The Kier molecular flexibility index (Phi) is 4.42. The zero-order chi connectivity index (χ0) is 19.3. The van der Waals surface area contributed by atoms with E-state index in [1.54, 1.807) is 6.07 Å². The fourth-order valence-electron chi connectivity index (χ4n) is 4.16. The molecular formula is C20H24FN3O3. The van der Waals surface area contributed by atoms with Crippen molar-refractivity contribution < 1.29 is 14.3 Å². The monoisotopic (exact) mass is 373 g/mol. The van der Waals surface area contributed by atoms with Crippen molar-refractivity contribution in [2.24, 2.45) is 11.7 Å². The fraction of sp³-hybridized carbons (Fsp3) is 0.500. The van der Waals surface area contributed by atoms with Gasteiger partial charge in [-0.25, -0.2) is 9.18 Å². The molecule has 2 aromatic rings. The van der Waals surface area contributed by atoms with Crippen LogP contribution in [-0.2, 0) is 0 Å². The van der Waals surface area contributed by atoms with Gasteiger partial charge in [0.25, 0.3) is 0 Å². The number of hydrogen-bond donors (Lipinski definition) is 2. The molecule has 2 atom stereocenters. The molecule has 7 heteroatoms. The largest absolute Gasteiger partial charge is 0.477 e. The molecule has 3 N–H and O–H groups in total. The molecule has 1 aromatic carbocycles. The van der Waals surface area contributed by atoms with E-state index in [2.05, 4.69) is 6.92 Å². The first-order chi connectivity index (χ1) is 12.9. The van der Waals surface area contributed by atoms with E-state index in [0.29, 0.717) is 23.7 Å². The van der Waals surface area contributed by atoms with E-state index in [0.717, 1.165) is 32.2 Å². The Hall–Kier alpha value is -2.41. The zero-order valence-electron chi connectivity index (χ0n) is 15.3. The maximum absolute atomic E-state index is 14.9. The van der Waals surface area contributed by atoms with E-state index in [4.69, 9.17) is 5.73 Å². The summed E-state index contributed by atoms with van der Waals surface area (Å²) >= 11 is 0. The zero-order valence-corrected chi connectivity index (χ0v) is 15.3. The van der Waals surface area contributed by atoms with Gasteiger partial charge in [-0.2, -0.15) is 0 Å². The van der Waals surface area contributed by atoms with Gasteiger partial charge in [0.2, 0.25) is 5.43 Å². The van der Waals surface area contributed by atoms with Gasteiger partial charge < -0.3 is 20.3 Å². The highest BCUT2D eigenvalue weighted by Crippen LogP contribution is 2.38. The van der Waals surface area contributed by atoms with Crippen molar-refractivity contribution in [1.29, 1.82) is 0 Å². The van der Waals surface area contributed by atoms with Gasteiger partial charge in [0, 0.05) is 36.8 Å². The summed E-state index contributed by atoms with van der Waals surface area (Å²) < 4.78 is 16.7. The molecule has 0 radical (unpaired) electrons. The number of anilines is 1. The number of fused-ring (bicyclic) bond motifs is 1. The van der Waals surface area contributed by atoms with Crippen molar-refractivity contribution in [1.82, 2.24) is 4.57 Å². The number of hydrogen-bond acceptors (Lipinski definition) is 4. The quantitative estimate of drug-likeness (QED) is 0.860. The summed E-state index contributed by atoms with van der Waals surface area (Å²) in [6.07, 6.45) is 5.17. The lowest BCUT2D eigenvalue weighted by Gasteiger charge is -2.38. The van der Waals surface area contributed by atoms with Crippen LogP contribution in [0, 0.1) is 11.7 Å². The van der Waals surface area contributed by atoms with Gasteiger partial charge in [0.05, 0.1) is 11.2 Å². The first-order valence-corrected chi connectivity index (χ1v) is 9.53. The van der Waals surface area contributed by atoms with Crippen LogP contribution in [0.15, 0.2) is 23.1 Å². The maximum atomic E-state index is 14.9. The topological polar surface area (TPSA) is 88.6 Å². The Morgan fingerprint density at radius 3 is 2.67 bits per heavy atom. The molecule has 27 heavy (non-hydrogen) atoms. The molecule has 1 saturated carbocycles. The second-order valence-corrected chi connectivity index (χ2v) is 7.70. The summed E-state index contributed by atoms with van der Waals surface area (Å²) in [5.41, 5.74) is 6.34. The Bertz CT molecular complexity index is 967. The number of piperidine rings is 1. The van der Waals surface area contributed by atoms with Gasteiger partial charge in [-0.1, -0.05) is 13.3 Å². The van der Waals surface area contributed by atoms with Crippen LogP contribution in [0.25, 0.3) is 10.9 Å². The highest BCUT2D eigenvalue weighted by Gasteiger charge is 2.30. The SMILES string of the molecule is CC[C@@H]1CCN(c2cc3c(cc2F)c(=O)c(C(=O)O)cn3C2CC2)C[C@H]1N. The second-order valence-electron chi connectivity index (χ2n) is 7.70. The van der Waals surface area contributed by atoms with Crippen LogP contribution in [0.4, 0.5) is 10.1 Å². The van der Waals surface area contributed by atoms with Crippen molar-refractivity contribution in [2.75, 3.05) is 18.0 Å². The van der Waals surface area contributed by atoms with E-state index in [1.807, 2.05) is 9.47 Å². The number of carboxylic acid groups (broad SMARTS) is 1. The van der Waals surface area contributed by atoms with Crippen LogP contribution in [0.1, 0.15) is 49.0 Å². The number of carboxylic acids is 1. The third-order valence-corrected chi connectivity index (χ3v) is 5.94. The molecule has 2 heterocycles. The molecule has 0 spiro atoms. The van der Waals surface area contributed by atoms with Crippen LogP contribution in [0.2, 0.25) is 0 Å². The van der Waals surface area contributed by atoms with E-state index in [-0.39, 0.29) is 23.0 Å². The number of nitrogens with two attached hydrogens (primary N) is 1. The van der Waals surface area contributed by atoms with Crippen LogP contribution >= 0.6 is 0 Å². The molecule has 0 unspecified atom stereocenters.